The van der Waals surface area contributed by atoms with E-state index in [1.165, 1.54) is 56.2 Å². The first-order valence-corrected chi connectivity index (χ1v) is 7.89. The van der Waals surface area contributed by atoms with Gasteiger partial charge in [0.15, 0.2) is 0 Å². The third-order valence-electron chi connectivity index (χ3n) is 4.96. The molecule has 1 fully saturated rings. The molecule has 2 nitrogen and oxygen atoms in total. The zero-order valence-corrected chi connectivity index (χ0v) is 12.0. The minimum atomic E-state index is 0.344. The summed E-state index contributed by atoms with van der Waals surface area (Å²) < 4.78 is 0. The Morgan fingerprint density at radius 1 is 1.05 bits per heavy atom. The maximum absolute atomic E-state index is 6.49. The molecule has 2 N–H and O–H groups in total. The second-order valence-electron chi connectivity index (χ2n) is 6.29. The van der Waals surface area contributed by atoms with Crippen LogP contribution in [-0.4, -0.2) is 18.1 Å². The molecule has 1 aliphatic carbocycles. The second kappa shape index (κ2) is 5.54. The minimum Gasteiger partial charge on any atom is -0.364 e. The summed E-state index contributed by atoms with van der Waals surface area (Å²) in [5, 5.41) is 0. The lowest BCUT2D eigenvalue weighted by Gasteiger charge is -2.44. The van der Waals surface area contributed by atoms with Crippen LogP contribution < -0.4 is 10.6 Å². The monoisotopic (exact) mass is 258 g/mol. The van der Waals surface area contributed by atoms with E-state index in [2.05, 4.69) is 36.1 Å². The van der Waals surface area contributed by atoms with Crippen molar-refractivity contribution in [2.24, 2.45) is 5.73 Å². The number of fused-ring (bicyclic) bond motifs is 1. The van der Waals surface area contributed by atoms with Crippen LogP contribution in [0.2, 0.25) is 0 Å². The molecule has 0 spiro atoms. The quantitative estimate of drug-likeness (QED) is 0.781. The third-order valence-corrected chi connectivity index (χ3v) is 4.96. The molecule has 1 aromatic rings. The fourth-order valence-electron chi connectivity index (χ4n) is 3.88. The predicted molar refractivity (Wildman–Crippen MR) is 81.6 cm³/mol. The first-order chi connectivity index (χ1) is 9.27. The van der Waals surface area contributed by atoms with Gasteiger partial charge in [0.05, 0.1) is 0 Å². The Labute approximate surface area is 117 Å². The third kappa shape index (κ3) is 2.51. The number of nitrogens with zero attached hydrogens (tertiary/aromatic N) is 1. The normalized spacial score (nSPS) is 31.7. The van der Waals surface area contributed by atoms with Crippen LogP contribution in [0.15, 0.2) is 24.3 Å². The zero-order chi connectivity index (χ0) is 13.2. The van der Waals surface area contributed by atoms with Crippen molar-refractivity contribution in [3.63, 3.8) is 0 Å². The zero-order valence-electron chi connectivity index (χ0n) is 12.0. The summed E-state index contributed by atoms with van der Waals surface area (Å²) in [4.78, 5) is 2.65. The van der Waals surface area contributed by atoms with Gasteiger partial charge in [0, 0.05) is 23.8 Å². The Morgan fingerprint density at radius 2 is 1.84 bits per heavy atom. The Balaban J connectivity index is 1.93. The second-order valence-corrected chi connectivity index (χ2v) is 6.29. The van der Waals surface area contributed by atoms with Crippen molar-refractivity contribution >= 4 is 5.69 Å². The van der Waals surface area contributed by atoms with Gasteiger partial charge in [0.25, 0.3) is 0 Å². The van der Waals surface area contributed by atoms with Crippen LogP contribution in [0.1, 0.15) is 51.0 Å². The van der Waals surface area contributed by atoms with Gasteiger partial charge >= 0.3 is 0 Å². The number of rotatable bonds is 1. The van der Waals surface area contributed by atoms with E-state index < -0.39 is 0 Å². The fourth-order valence-corrected chi connectivity index (χ4v) is 3.88. The SMILES string of the molecule is CC1CCc2ccccc2N1C1CCCCCC1N. The Hall–Kier alpha value is -1.02. The summed E-state index contributed by atoms with van der Waals surface area (Å²) in [6.07, 6.45) is 8.94. The molecule has 3 unspecified atom stereocenters. The van der Waals surface area contributed by atoms with Crippen LogP contribution in [0.4, 0.5) is 5.69 Å². The largest absolute Gasteiger partial charge is 0.364 e. The molecule has 0 bridgehead atoms. The van der Waals surface area contributed by atoms with Crippen LogP contribution in [0.25, 0.3) is 0 Å². The van der Waals surface area contributed by atoms with Gasteiger partial charge in [-0.3, -0.25) is 0 Å². The van der Waals surface area contributed by atoms with Crippen molar-refractivity contribution in [1.29, 1.82) is 0 Å². The van der Waals surface area contributed by atoms with Crippen LogP contribution in [0.5, 0.6) is 0 Å². The lowest BCUT2D eigenvalue weighted by atomic mass is 9.91. The van der Waals surface area contributed by atoms with E-state index in [0.717, 1.165) is 0 Å². The molecule has 0 saturated heterocycles. The summed E-state index contributed by atoms with van der Waals surface area (Å²) in [7, 11) is 0. The highest BCUT2D eigenvalue weighted by molar-refractivity contribution is 5.57. The van der Waals surface area contributed by atoms with Crippen molar-refractivity contribution in [2.75, 3.05) is 4.90 Å². The molecule has 19 heavy (non-hydrogen) atoms. The average Bonchev–Trinajstić information content (AvgIpc) is 2.64. The molecule has 1 aliphatic heterocycles. The molecule has 3 rings (SSSR count). The van der Waals surface area contributed by atoms with Crippen LogP contribution in [0.3, 0.4) is 0 Å². The number of hydrogen-bond donors (Lipinski definition) is 1. The summed E-state index contributed by atoms with van der Waals surface area (Å²) in [6, 6.07) is 10.4. The molecule has 0 amide bonds. The van der Waals surface area contributed by atoms with Crippen molar-refractivity contribution in [2.45, 2.75) is 70.0 Å². The van der Waals surface area contributed by atoms with Crippen molar-refractivity contribution in [3.05, 3.63) is 29.8 Å². The van der Waals surface area contributed by atoms with Crippen molar-refractivity contribution < 1.29 is 0 Å². The maximum atomic E-state index is 6.49. The topological polar surface area (TPSA) is 29.3 Å². The molecule has 0 radical (unpaired) electrons. The van der Waals surface area contributed by atoms with E-state index in [0.29, 0.717) is 18.1 Å². The maximum Gasteiger partial charge on any atom is 0.0444 e. The van der Waals surface area contributed by atoms with Crippen molar-refractivity contribution in [1.82, 2.24) is 0 Å². The number of benzene rings is 1. The number of nitrogens with two attached hydrogens (primary N) is 1. The average molecular weight is 258 g/mol. The van der Waals surface area contributed by atoms with E-state index in [1.807, 2.05) is 0 Å². The molecule has 2 aliphatic rings. The predicted octanol–water partition coefficient (Wildman–Crippen LogP) is 3.49. The van der Waals surface area contributed by atoms with Gasteiger partial charge in [-0.1, -0.05) is 37.5 Å². The lowest BCUT2D eigenvalue weighted by molar-refractivity contribution is 0.409. The standard InChI is InChI=1S/C17H26N2/c1-13-11-12-14-7-5-6-9-16(14)19(13)17-10-4-2-3-8-15(17)18/h5-7,9,13,15,17H,2-4,8,10-12,18H2,1H3. The number of hydrogen-bond acceptors (Lipinski definition) is 2. The molecule has 1 saturated carbocycles. The van der Waals surface area contributed by atoms with Gasteiger partial charge in [-0.25, -0.2) is 0 Å². The number of para-hydroxylation sites is 1. The van der Waals surface area contributed by atoms with Crippen LogP contribution in [-0.2, 0) is 6.42 Å². The molecule has 0 aromatic heterocycles. The smallest absolute Gasteiger partial charge is 0.0444 e. The Morgan fingerprint density at radius 3 is 2.74 bits per heavy atom. The summed E-state index contributed by atoms with van der Waals surface area (Å²) in [5.74, 6) is 0. The van der Waals surface area contributed by atoms with E-state index >= 15 is 0 Å². The van der Waals surface area contributed by atoms with E-state index in [1.54, 1.807) is 0 Å². The number of aryl methyl sites for hydroxylation is 1. The molecule has 1 aromatic carbocycles. The van der Waals surface area contributed by atoms with Crippen LogP contribution in [0, 0.1) is 0 Å². The van der Waals surface area contributed by atoms with Gasteiger partial charge in [0.2, 0.25) is 0 Å². The van der Waals surface area contributed by atoms with Gasteiger partial charge in [-0.05, 0) is 44.2 Å². The summed E-state index contributed by atoms with van der Waals surface area (Å²) in [6.45, 7) is 2.37. The van der Waals surface area contributed by atoms with Crippen molar-refractivity contribution in [3.8, 4) is 0 Å². The molecule has 3 atom stereocenters. The Bertz CT molecular complexity index is 429. The molecule has 2 heteroatoms. The number of anilines is 1. The fraction of sp³-hybridized carbons (Fsp3) is 0.647. The highest BCUT2D eigenvalue weighted by atomic mass is 15.2. The van der Waals surface area contributed by atoms with E-state index in [9.17, 15) is 0 Å². The van der Waals surface area contributed by atoms with Gasteiger partial charge < -0.3 is 10.6 Å². The van der Waals surface area contributed by atoms with E-state index in [-0.39, 0.29) is 0 Å². The van der Waals surface area contributed by atoms with Gasteiger partial charge in [-0.15, -0.1) is 0 Å². The lowest BCUT2D eigenvalue weighted by Crippen LogP contribution is -2.52. The molecular formula is C17H26N2. The minimum absolute atomic E-state index is 0.344. The molecule has 1 heterocycles. The van der Waals surface area contributed by atoms with E-state index in [4.69, 9.17) is 5.73 Å². The molecule has 104 valence electrons. The highest BCUT2D eigenvalue weighted by Crippen LogP contribution is 2.35. The molecular weight excluding hydrogens is 232 g/mol. The highest BCUT2D eigenvalue weighted by Gasteiger charge is 2.32. The van der Waals surface area contributed by atoms with Gasteiger partial charge in [-0.2, -0.15) is 0 Å². The van der Waals surface area contributed by atoms with Gasteiger partial charge in [0.1, 0.15) is 0 Å². The first-order valence-electron chi connectivity index (χ1n) is 7.89. The Kier molecular flexibility index (Phi) is 3.79. The summed E-state index contributed by atoms with van der Waals surface area (Å²) in [5.41, 5.74) is 9.45. The first kappa shape index (κ1) is 13.0. The van der Waals surface area contributed by atoms with Crippen LogP contribution >= 0.6 is 0 Å². The summed E-state index contributed by atoms with van der Waals surface area (Å²) >= 11 is 0.